The number of hydrogen-bond acceptors (Lipinski definition) is 9. The summed E-state index contributed by atoms with van der Waals surface area (Å²) in [6.45, 7) is -0.538. The predicted octanol–water partition coefficient (Wildman–Crippen LogP) is 6.71. The number of amides is 1. The van der Waals surface area contributed by atoms with Crippen LogP contribution < -0.4 is 14.2 Å². The number of aromatic nitrogens is 1. The first-order valence-corrected chi connectivity index (χ1v) is 14.3. The van der Waals surface area contributed by atoms with E-state index in [9.17, 15) is 9.59 Å². The summed E-state index contributed by atoms with van der Waals surface area (Å²) in [5.74, 6) is 0.679. The smallest absolute Gasteiger partial charge is 0.339 e. The van der Waals surface area contributed by atoms with Crippen molar-refractivity contribution in [1.29, 1.82) is 0 Å². The summed E-state index contributed by atoms with van der Waals surface area (Å²) >= 11 is 6.06. The van der Waals surface area contributed by atoms with Gasteiger partial charge in [-0.2, -0.15) is 5.10 Å². The zero-order chi connectivity index (χ0) is 31.5. The maximum atomic E-state index is 13.6. The van der Waals surface area contributed by atoms with E-state index in [4.69, 9.17) is 39.9 Å². The summed E-state index contributed by atoms with van der Waals surface area (Å²) in [6.07, 6.45) is 1.96. The van der Waals surface area contributed by atoms with E-state index in [1.807, 2.05) is 18.2 Å². The monoisotopic (exact) mass is 625 g/mol. The average molecular weight is 626 g/mol. The highest BCUT2D eigenvalue weighted by Crippen LogP contribution is 2.41. The van der Waals surface area contributed by atoms with Gasteiger partial charge in [0.25, 0.3) is 5.91 Å². The normalized spacial score (nSPS) is 14.3. The summed E-state index contributed by atoms with van der Waals surface area (Å²) < 4.78 is 27.7. The van der Waals surface area contributed by atoms with Crippen molar-refractivity contribution < 1.29 is 33.0 Å². The van der Waals surface area contributed by atoms with Crippen molar-refractivity contribution in [3.63, 3.8) is 0 Å². The van der Waals surface area contributed by atoms with Crippen molar-refractivity contribution in [2.45, 2.75) is 12.5 Å². The van der Waals surface area contributed by atoms with E-state index < -0.39 is 24.5 Å². The van der Waals surface area contributed by atoms with Gasteiger partial charge < -0.3 is 23.4 Å². The highest BCUT2D eigenvalue weighted by atomic mass is 35.5. The first kappa shape index (κ1) is 29.7. The first-order chi connectivity index (χ1) is 21.9. The van der Waals surface area contributed by atoms with Gasteiger partial charge in [0, 0.05) is 22.4 Å². The minimum Gasteiger partial charge on any atom is -0.493 e. The number of carbonyl (C=O) groups excluding carboxylic acids is 2. The molecule has 0 fully saturated rings. The van der Waals surface area contributed by atoms with Gasteiger partial charge >= 0.3 is 5.97 Å². The fourth-order valence-electron chi connectivity index (χ4n) is 5.25. The molecule has 2 aromatic heterocycles. The van der Waals surface area contributed by atoms with Crippen LogP contribution in [-0.4, -0.2) is 55.5 Å². The van der Waals surface area contributed by atoms with E-state index in [-0.39, 0.29) is 5.56 Å². The molecular weight excluding hydrogens is 598 g/mol. The lowest BCUT2D eigenvalue weighted by atomic mass is 10.0. The quantitative estimate of drug-likeness (QED) is 0.166. The van der Waals surface area contributed by atoms with Crippen molar-refractivity contribution >= 4 is 40.1 Å². The van der Waals surface area contributed by atoms with E-state index in [2.05, 4.69) is 5.10 Å². The van der Waals surface area contributed by atoms with Crippen LogP contribution in [0.1, 0.15) is 34.1 Å². The van der Waals surface area contributed by atoms with Crippen LogP contribution in [-0.2, 0) is 9.53 Å². The number of pyridine rings is 1. The zero-order valence-corrected chi connectivity index (χ0v) is 25.4. The standard InChI is InChI=1S/C34H28ClN3O7/c1-41-30-15-21(16-31(42-2)33(30)43-3)26-17-24(23-7-4-5-8-25(23)36-26)34(40)45-19-32(39)38-28(29-9-6-14-44-29)18-27(37-38)20-10-12-22(35)13-11-20/h4-17,28H,18-19H2,1-3H3/t28-/m0/s1. The number of fused-ring (bicyclic) bond motifs is 1. The van der Waals surface area contributed by atoms with Gasteiger partial charge in [0.05, 0.1) is 50.1 Å². The van der Waals surface area contributed by atoms with Crippen LogP contribution in [0.3, 0.4) is 0 Å². The first-order valence-electron chi connectivity index (χ1n) is 14.0. The summed E-state index contributed by atoms with van der Waals surface area (Å²) in [4.78, 5) is 31.8. The number of esters is 1. The third-order valence-electron chi connectivity index (χ3n) is 7.44. The Labute approximate surface area is 263 Å². The third kappa shape index (κ3) is 5.92. The predicted molar refractivity (Wildman–Crippen MR) is 168 cm³/mol. The molecule has 1 amide bonds. The lowest BCUT2D eigenvalue weighted by molar-refractivity contribution is -0.136. The summed E-state index contributed by atoms with van der Waals surface area (Å²) in [6, 6.07) is 22.6. The van der Waals surface area contributed by atoms with Crippen LogP contribution in [0.15, 0.2) is 94.6 Å². The molecule has 6 rings (SSSR count). The molecule has 1 atom stereocenters. The van der Waals surface area contributed by atoms with Crippen LogP contribution in [0.5, 0.6) is 17.2 Å². The Kier molecular flexibility index (Phi) is 8.39. The van der Waals surface area contributed by atoms with Crippen LogP contribution in [0.2, 0.25) is 5.02 Å². The molecule has 0 saturated carbocycles. The number of furan rings is 1. The summed E-state index contributed by atoms with van der Waals surface area (Å²) in [7, 11) is 4.56. The number of para-hydroxylation sites is 1. The molecule has 0 unspecified atom stereocenters. The summed E-state index contributed by atoms with van der Waals surface area (Å²) in [5, 5.41) is 7.06. The average Bonchev–Trinajstić information content (AvgIpc) is 3.77. The fourth-order valence-corrected chi connectivity index (χ4v) is 5.38. The van der Waals surface area contributed by atoms with Crippen molar-refractivity contribution in [1.82, 2.24) is 9.99 Å². The van der Waals surface area contributed by atoms with Crippen molar-refractivity contribution in [2.75, 3.05) is 27.9 Å². The van der Waals surface area contributed by atoms with Crippen LogP contribution >= 0.6 is 11.6 Å². The number of methoxy groups -OCH3 is 3. The number of carbonyl (C=O) groups is 2. The van der Waals surface area contributed by atoms with Gasteiger partial charge in [-0.05, 0) is 54.1 Å². The van der Waals surface area contributed by atoms with E-state index in [0.717, 1.165) is 5.56 Å². The van der Waals surface area contributed by atoms with E-state index in [1.54, 1.807) is 66.9 Å². The third-order valence-corrected chi connectivity index (χ3v) is 7.69. The number of hydrogen-bond donors (Lipinski definition) is 0. The SMILES string of the molecule is COc1cc(-c2cc(C(=O)OCC(=O)N3N=C(c4ccc(Cl)cc4)C[C@H]3c3ccco3)c3ccccc3n2)cc(OC)c1OC. The number of hydrazone groups is 1. The highest BCUT2D eigenvalue weighted by Gasteiger charge is 2.35. The van der Waals surface area contributed by atoms with Crippen molar-refractivity contribution in [2.24, 2.45) is 5.10 Å². The molecule has 5 aromatic rings. The molecule has 0 N–H and O–H groups in total. The number of ether oxygens (including phenoxy) is 4. The lowest BCUT2D eigenvalue weighted by Crippen LogP contribution is -2.31. The largest absolute Gasteiger partial charge is 0.493 e. The van der Waals surface area contributed by atoms with E-state index in [1.165, 1.54) is 26.3 Å². The minimum absolute atomic E-state index is 0.242. The Morgan fingerprint density at radius 2 is 1.64 bits per heavy atom. The maximum Gasteiger partial charge on any atom is 0.339 e. The van der Waals surface area contributed by atoms with Crippen molar-refractivity contribution in [3.8, 4) is 28.5 Å². The Hall–Kier alpha value is -5.35. The number of halogens is 1. The second-order valence-electron chi connectivity index (χ2n) is 10.1. The molecule has 0 saturated heterocycles. The molecular formula is C34H28ClN3O7. The molecule has 1 aliphatic heterocycles. The second-order valence-corrected chi connectivity index (χ2v) is 10.5. The molecule has 3 heterocycles. The Bertz CT molecular complexity index is 1880. The fraction of sp³-hybridized carbons (Fsp3) is 0.176. The molecule has 0 spiro atoms. The van der Waals surface area contributed by atoms with Gasteiger partial charge in [0.1, 0.15) is 11.8 Å². The molecule has 228 valence electrons. The van der Waals surface area contributed by atoms with Gasteiger partial charge in [-0.3, -0.25) is 4.79 Å². The second kappa shape index (κ2) is 12.7. The molecule has 3 aromatic carbocycles. The zero-order valence-electron chi connectivity index (χ0n) is 24.7. The molecule has 0 bridgehead atoms. The minimum atomic E-state index is -0.689. The number of rotatable bonds is 9. The molecule has 1 aliphatic rings. The van der Waals surface area contributed by atoms with Gasteiger partial charge in [-0.15, -0.1) is 0 Å². The Balaban J connectivity index is 1.29. The lowest BCUT2D eigenvalue weighted by Gasteiger charge is -2.20. The van der Waals surface area contributed by atoms with Gasteiger partial charge in [-0.1, -0.05) is 41.9 Å². The molecule has 45 heavy (non-hydrogen) atoms. The van der Waals surface area contributed by atoms with E-state index in [0.29, 0.717) is 62.3 Å². The summed E-state index contributed by atoms with van der Waals surface area (Å²) in [5.41, 5.74) is 3.42. The maximum absolute atomic E-state index is 13.6. The van der Waals surface area contributed by atoms with Crippen LogP contribution in [0.25, 0.3) is 22.2 Å². The van der Waals surface area contributed by atoms with Crippen LogP contribution in [0, 0.1) is 0 Å². The molecule has 10 nitrogen and oxygen atoms in total. The van der Waals surface area contributed by atoms with Gasteiger partial charge in [-0.25, -0.2) is 14.8 Å². The number of benzene rings is 3. The van der Waals surface area contributed by atoms with E-state index >= 15 is 0 Å². The van der Waals surface area contributed by atoms with Crippen molar-refractivity contribution in [3.05, 3.63) is 107 Å². The Morgan fingerprint density at radius 3 is 2.31 bits per heavy atom. The molecule has 0 radical (unpaired) electrons. The van der Waals surface area contributed by atoms with Gasteiger partial charge in [0.2, 0.25) is 5.75 Å². The van der Waals surface area contributed by atoms with Gasteiger partial charge in [0.15, 0.2) is 18.1 Å². The molecule has 0 aliphatic carbocycles. The number of nitrogens with zero attached hydrogens (tertiary/aromatic N) is 3. The van der Waals surface area contributed by atoms with Crippen LogP contribution in [0.4, 0.5) is 0 Å². The molecule has 11 heteroatoms. The Morgan fingerprint density at radius 1 is 0.911 bits per heavy atom. The highest BCUT2D eigenvalue weighted by molar-refractivity contribution is 6.30. The topological polar surface area (TPSA) is 113 Å².